The van der Waals surface area contributed by atoms with Crippen molar-refractivity contribution >= 4 is 17.7 Å². The maximum Gasteiger partial charge on any atom is 0.334 e. The fourth-order valence-corrected chi connectivity index (χ4v) is 8.34. The normalized spacial score (nSPS) is 39.0. The number of fused-ring (bicyclic) bond motifs is 3. The van der Waals surface area contributed by atoms with Crippen LogP contribution in [0.4, 0.5) is 0 Å². The van der Waals surface area contributed by atoms with Crippen LogP contribution in [0.5, 0.6) is 0 Å². The van der Waals surface area contributed by atoms with Crippen molar-refractivity contribution in [3.05, 3.63) is 34.9 Å². The number of Topliss-reactive ketones (excluding diaryl/α,β-unsaturated/α-hetero) is 1. The fourth-order valence-electron chi connectivity index (χ4n) is 8.34. The van der Waals surface area contributed by atoms with Gasteiger partial charge in [-0.25, -0.2) is 4.79 Å². The summed E-state index contributed by atoms with van der Waals surface area (Å²) >= 11 is 0. The van der Waals surface area contributed by atoms with Crippen LogP contribution in [0.1, 0.15) is 93.4 Å². The maximum absolute atomic E-state index is 14.7. The maximum atomic E-state index is 14.7. The summed E-state index contributed by atoms with van der Waals surface area (Å²) in [6, 6.07) is 0. The number of ether oxygens (including phenoxy) is 2. The Morgan fingerprint density at radius 1 is 1.17 bits per heavy atom. The summed E-state index contributed by atoms with van der Waals surface area (Å²) in [6.07, 6.45) is 7.43. The van der Waals surface area contributed by atoms with Gasteiger partial charge in [0, 0.05) is 29.2 Å². The molecule has 0 aromatic carbocycles. The lowest BCUT2D eigenvalue weighted by atomic mass is 9.59. The van der Waals surface area contributed by atoms with Gasteiger partial charge in [0.2, 0.25) is 0 Å². The van der Waals surface area contributed by atoms with E-state index in [9.17, 15) is 29.7 Å². The van der Waals surface area contributed by atoms with Crippen LogP contribution in [0.15, 0.2) is 34.9 Å². The van der Waals surface area contributed by atoms with E-state index < -0.39 is 64.6 Å². The van der Waals surface area contributed by atoms with Gasteiger partial charge >= 0.3 is 11.9 Å². The molecule has 0 amide bonds. The number of rotatable bonds is 10. The van der Waals surface area contributed by atoms with Gasteiger partial charge in [0.05, 0.1) is 12.0 Å². The van der Waals surface area contributed by atoms with Crippen LogP contribution in [0.2, 0.25) is 0 Å². The minimum atomic E-state index is -2.26. The highest BCUT2D eigenvalue weighted by Crippen LogP contribution is 2.75. The molecule has 4 aliphatic rings. The minimum Gasteiger partial charge on any atom is -0.458 e. The largest absolute Gasteiger partial charge is 0.458 e. The first-order chi connectivity index (χ1) is 19.2. The van der Waals surface area contributed by atoms with Crippen LogP contribution >= 0.6 is 0 Å². The summed E-state index contributed by atoms with van der Waals surface area (Å²) in [5, 5.41) is 34.6. The number of allylic oxidation sites excluding steroid dienone is 2. The molecule has 4 aliphatic carbocycles. The average molecular weight is 573 g/mol. The van der Waals surface area contributed by atoms with Crippen LogP contribution in [-0.4, -0.2) is 63.1 Å². The highest BCUT2D eigenvalue weighted by Gasteiger charge is 2.83. The van der Waals surface area contributed by atoms with Crippen LogP contribution in [0, 0.1) is 28.6 Å². The molecule has 0 aliphatic heterocycles. The van der Waals surface area contributed by atoms with E-state index in [-0.39, 0.29) is 17.3 Å². The molecule has 3 N–H and O–H groups in total. The number of unbranched alkanes of at least 4 members (excludes halogenated alkanes) is 4. The van der Waals surface area contributed by atoms with Gasteiger partial charge in [-0.1, -0.05) is 71.6 Å². The first-order valence-corrected chi connectivity index (χ1v) is 15.2. The molecule has 2 fully saturated rings. The molecular formula is C33H48O8. The number of aliphatic hydroxyl groups is 3. The molecule has 0 heterocycles. The summed E-state index contributed by atoms with van der Waals surface area (Å²) in [6.45, 7) is 12.3. The topological polar surface area (TPSA) is 130 Å². The zero-order chi connectivity index (χ0) is 30.5. The lowest BCUT2D eigenvalue weighted by Gasteiger charge is -2.49. The van der Waals surface area contributed by atoms with Crippen LogP contribution in [-0.2, 0) is 23.9 Å². The van der Waals surface area contributed by atoms with E-state index in [4.69, 9.17) is 9.47 Å². The van der Waals surface area contributed by atoms with E-state index in [0.29, 0.717) is 24.0 Å². The highest BCUT2D eigenvalue weighted by atomic mass is 16.6. The third-order valence-corrected chi connectivity index (χ3v) is 10.8. The molecule has 2 bridgehead atoms. The summed E-state index contributed by atoms with van der Waals surface area (Å²) in [7, 11) is 0. The molecule has 0 radical (unpaired) electrons. The lowest BCUT2D eigenvalue weighted by Crippen LogP contribution is -2.66. The minimum absolute atomic E-state index is 0.0904. The standard InChI is InChI=1S/C33H48O8/c1-8-10-11-12-13-14-24(35)41-32-17-21(5)31-16-20(4)28(40-29(38)19(3)9-2)33(31,39)26(36)22(18-34)15-23(27(31)37)25(32)30(32,6)7/h9,15-16,21,23,25-26,28,34,36,39H,8,10-14,17-18H2,1-7H3/b19-9+/t21?,23-,25+,26+,28-,31?,32-,33-/m0/s1. The van der Waals surface area contributed by atoms with E-state index in [1.54, 1.807) is 39.0 Å². The number of carbonyl (C=O) groups is 3. The fraction of sp³-hybridized carbons (Fsp3) is 0.727. The zero-order valence-electron chi connectivity index (χ0n) is 25.7. The van der Waals surface area contributed by atoms with Crippen molar-refractivity contribution in [2.75, 3.05) is 6.61 Å². The molecule has 0 aromatic heterocycles. The Morgan fingerprint density at radius 3 is 2.44 bits per heavy atom. The van der Waals surface area contributed by atoms with Crippen molar-refractivity contribution in [1.29, 1.82) is 0 Å². The molecule has 228 valence electrons. The highest BCUT2D eigenvalue weighted by molar-refractivity contribution is 5.96. The third kappa shape index (κ3) is 4.47. The Balaban J connectivity index is 1.77. The Kier molecular flexibility index (Phi) is 8.55. The van der Waals surface area contributed by atoms with Crippen LogP contribution in [0.25, 0.3) is 0 Å². The van der Waals surface area contributed by atoms with Gasteiger partial charge in [-0.15, -0.1) is 0 Å². The quantitative estimate of drug-likeness (QED) is 0.152. The van der Waals surface area contributed by atoms with Gasteiger partial charge in [-0.2, -0.15) is 0 Å². The molecular weight excluding hydrogens is 524 g/mol. The molecule has 0 aromatic rings. The van der Waals surface area contributed by atoms with Gasteiger partial charge in [0.1, 0.15) is 11.7 Å². The summed E-state index contributed by atoms with van der Waals surface area (Å²) in [5.74, 6) is -3.09. The number of hydrogen-bond acceptors (Lipinski definition) is 8. The van der Waals surface area contributed by atoms with Gasteiger partial charge in [-0.3, -0.25) is 9.59 Å². The number of aliphatic hydroxyl groups excluding tert-OH is 2. The van der Waals surface area contributed by atoms with Crippen molar-refractivity contribution in [2.45, 2.75) is 117 Å². The third-order valence-electron chi connectivity index (χ3n) is 10.8. The van der Waals surface area contributed by atoms with E-state index >= 15 is 0 Å². The first-order valence-electron chi connectivity index (χ1n) is 15.2. The van der Waals surface area contributed by atoms with Gasteiger partial charge in [-0.05, 0) is 50.7 Å². The predicted molar refractivity (Wildman–Crippen MR) is 153 cm³/mol. The SMILES string of the molecule is C/C=C(\C)C(=O)O[C@H]1C(C)=CC23C(=O)[C@@H](C=C(CO)[C@@H](O)[C@]12O)[C@@H]1C(C)(C)[C@]1(OC(=O)CCCCCCC)CC3C. The lowest BCUT2D eigenvalue weighted by molar-refractivity contribution is -0.203. The summed E-state index contributed by atoms with van der Waals surface area (Å²) in [4.78, 5) is 40.8. The molecule has 1 spiro atoms. The molecule has 8 atom stereocenters. The van der Waals surface area contributed by atoms with Crippen molar-refractivity contribution in [1.82, 2.24) is 0 Å². The average Bonchev–Trinajstić information content (AvgIpc) is 3.32. The molecule has 8 nitrogen and oxygen atoms in total. The second-order valence-electron chi connectivity index (χ2n) is 13.4. The van der Waals surface area contributed by atoms with Gasteiger partial charge in [0.15, 0.2) is 17.5 Å². The van der Waals surface area contributed by atoms with Crippen molar-refractivity contribution in [2.24, 2.45) is 28.6 Å². The van der Waals surface area contributed by atoms with Crippen LogP contribution < -0.4 is 0 Å². The van der Waals surface area contributed by atoms with E-state index in [2.05, 4.69) is 6.92 Å². The van der Waals surface area contributed by atoms with Crippen molar-refractivity contribution in [3.63, 3.8) is 0 Å². The van der Waals surface area contributed by atoms with Crippen molar-refractivity contribution < 1.29 is 39.2 Å². The van der Waals surface area contributed by atoms with Crippen LogP contribution in [0.3, 0.4) is 0 Å². The van der Waals surface area contributed by atoms with E-state index in [0.717, 1.165) is 32.1 Å². The zero-order valence-corrected chi connectivity index (χ0v) is 25.7. The second-order valence-corrected chi connectivity index (χ2v) is 13.4. The number of hydrogen-bond donors (Lipinski definition) is 3. The van der Waals surface area contributed by atoms with Gasteiger partial charge in [0.25, 0.3) is 0 Å². The predicted octanol–water partition coefficient (Wildman–Crippen LogP) is 4.36. The van der Waals surface area contributed by atoms with Crippen molar-refractivity contribution in [3.8, 4) is 0 Å². The first kappa shape index (κ1) is 31.6. The Bertz CT molecular complexity index is 1180. The molecule has 4 rings (SSSR count). The molecule has 41 heavy (non-hydrogen) atoms. The number of ketones is 1. The Hall–Kier alpha value is -2.29. The number of carbonyl (C=O) groups excluding carboxylic acids is 3. The summed E-state index contributed by atoms with van der Waals surface area (Å²) < 4.78 is 12.1. The number of esters is 2. The van der Waals surface area contributed by atoms with Gasteiger partial charge < -0.3 is 24.8 Å². The molecule has 0 saturated heterocycles. The van der Waals surface area contributed by atoms with E-state index in [1.807, 2.05) is 20.8 Å². The Morgan fingerprint density at radius 2 is 1.83 bits per heavy atom. The molecule has 2 saturated carbocycles. The van der Waals surface area contributed by atoms with E-state index in [1.165, 1.54) is 0 Å². The second kappa shape index (κ2) is 11.1. The summed E-state index contributed by atoms with van der Waals surface area (Å²) in [5.41, 5.74) is -4.52. The molecule has 8 heteroatoms. The molecule has 2 unspecified atom stereocenters. The smallest absolute Gasteiger partial charge is 0.334 e. The Labute approximate surface area is 243 Å². The monoisotopic (exact) mass is 572 g/mol.